The molecule has 0 atom stereocenters. The van der Waals surface area contributed by atoms with Crippen LogP contribution in [0.25, 0.3) is 0 Å². The van der Waals surface area contributed by atoms with E-state index in [0.29, 0.717) is 18.7 Å². The zero-order valence-corrected chi connectivity index (χ0v) is 11.3. The van der Waals surface area contributed by atoms with Crippen molar-refractivity contribution in [3.05, 3.63) is 18.2 Å². The highest BCUT2D eigenvalue weighted by atomic mass is 16.4. The van der Waals surface area contributed by atoms with Crippen LogP contribution in [0.15, 0.2) is 12.4 Å². The van der Waals surface area contributed by atoms with Gasteiger partial charge in [0.05, 0.1) is 6.54 Å². The lowest BCUT2D eigenvalue weighted by Crippen LogP contribution is -2.39. The summed E-state index contributed by atoms with van der Waals surface area (Å²) in [6.07, 6.45) is 4.37. The molecule has 3 N–H and O–H groups in total. The molecule has 0 bridgehead atoms. The van der Waals surface area contributed by atoms with Gasteiger partial charge in [-0.05, 0) is 12.8 Å². The molecule has 0 aliphatic rings. The van der Waals surface area contributed by atoms with Crippen LogP contribution >= 0.6 is 0 Å². The number of rotatable bonds is 7. The van der Waals surface area contributed by atoms with Crippen molar-refractivity contribution in [2.75, 3.05) is 0 Å². The summed E-state index contributed by atoms with van der Waals surface area (Å²) in [6, 6.07) is -0.587. The molecule has 1 aromatic rings. The molecule has 0 unspecified atom stereocenters. The first-order valence-electron chi connectivity index (χ1n) is 6.24. The third kappa shape index (κ3) is 5.98. The molecular weight excluding hydrogens is 264 g/mol. The minimum absolute atomic E-state index is 0.0264. The van der Waals surface area contributed by atoms with Crippen LogP contribution < -0.4 is 10.6 Å². The highest BCUT2D eigenvalue weighted by Crippen LogP contribution is 1.99. The molecule has 8 heteroatoms. The Morgan fingerprint density at radius 1 is 1.30 bits per heavy atom. The Labute approximate surface area is 116 Å². The number of carboxylic acids is 1. The van der Waals surface area contributed by atoms with Gasteiger partial charge in [0, 0.05) is 32.3 Å². The molecule has 20 heavy (non-hydrogen) atoms. The fourth-order valence-corrected chi connectivity index (χ4v) is 1.52. The van der Waals surface area contributed by atoms with Gasteiger partial charge in [-0.1, -0.05) is 0 Å². The number of imide groups is 1. The molecule has 8 nitrogen and oxygen atoms in total. The molecule has 3 amide bonds. The average Bonchev–Trinajstić information content (AvgIpc) is 2.77. The van der Waals surface area contributed by atoms with E-state index in [2.05, 4.69) is 15.6 Å². The Morgan fingerprint density at radius 3 is 2.60 bits per heavy atom. The minimum atomic E-state index is -0.891. The zero-order valence-electron chi connectivity index (χ0n) is 11.3. The van der Waals surface area contributed by atoms with E-state index in [1.165, 1.54) is 0 Å². The SMILES string of the molecule is Cn1ccnc1CNC(=O)NC(=O)CCCCC(=O)O. The first-order valence-corrected chi connectivity index (χ1v) is 6.24. The molecule has 0 saturated carbocycles. The van der Waals surface area contributed by atoms with E-state index in [1.807, 2.05) is 0 Å². The van der Waals surface area contributed by atoms with Gasteiger partial charge in [0.15, 0.2) is 0 Å². The molecule has 0 spiro atoms. The van der Waals surface area contributed by atoms with Crippen LogP contribution in [0.5, 0.6) is 0 Å². The predicted molar refractivity (Wildman–Crippen MR) is 69.7 cm³/mol. The molecule has 0 saturated heterocycles. The molecule has 0 aliphatic carbocycles. The van der Waals surface area contributed by atoms with Gasteiger partial charge in [-0.2, -0.15) is 0 Å². The Balaban J connectivity index is 2.16. The van der Waals surface area contributed by atoms with E-state index >= 15 is 0 Å². The van der Waals surface area contributed by atoms with Crippen molar-refractivity contribution < 1.29 is 19.5 Å². The van der Waals surface area contributed by atoms with Gasteiger partial charge in [-0.25, -0.2) is 9.78 Å². The van der Waals surface area contributed by atoms with Crippen molar-refractivity contribution >= 4 is 17.9 Å². The summed E-state index contributed by atoms with van der Waals surface area (Å²) in [7, 11) is 1.80. The summed E-state index contributed by atoms with van der Waals surface area (Å²) in [4.78, 5) is 37.1. The first-order chi connectivity index (χ1) is 9.49. The maximum Gasteiger partial charge on any atom is 0.321 e. The van der Waals surface area contributed by atoms with Crippen LogP contribution in [0.3, 0.4) is 0 Å². The van der Waals surface area contributed by atoms with Crippen molar-refractivity contribution in [1.82, 2.24) is 20.2 Å². The third-order valence-electron chi connectivity index (χ3n) is 2.63. The zero-order chi connectivity index (χ0) is 15.0. The Morgan fingerprint density at radius 2 is 2.00 bits per heavy atom. The van der Waals surface area contributed by atoms with E-state index in [0.717, 1.165) is 0 Å². The molecule has 110 valence electrons. The molecule has 0 aliphatic heterocycles. The van der Waals surface area contributed by atoms with Crippen LogP contribution in [0.2, 0.25) is 0 Å². The number of urea groups is 1. The number of amides is 3. The Kier molecular flexibility index (Phi) is 6.21. The van der Waals surface area contributed by atoms with Gasteiger partial charge < -0.3 is 15.0 Å². The molecule has 0 aromatic carbocycles. The molecule has 1 rings (SSSR count). The molecule has 0 fully saturated rings. The maximum absolute atomic E-state index is 11.4. The number of carboxylic acid groups (broad SMARTS) is 1. The number of carbonyl (C=O) groups excluding carboxylic acids is 2. The number of carbonyl (C=O) groups is 3. The van der Waals surface area contributed by atoms with Crippen molar-refractivity contribution in [2.45, 2.75) is 32.2 Å². The number of nitrogens with one attached hydrogen (secondary N) is 2. The summed E-state index contributed by atoms with van der Waals surface area (Å²) in [5.74, 6) is -0.639. The van der Waals surface area contributed by atoms with Crippen LogP contribution in [0.1, 0.15) is 31.5 Å². The minimum Gasteiger partial charge on any atom is -0.481 e. The van der Waals surface area contributed by atoms with E-state index in [1.54, 1.807) is 24.0 Å². The van der Waals surface area contributed by atoms with Crippen molar-refractivity contribution in [2.24, 2.45) is 7.05 Å². The lowest BCUT2D eigenvalue weighted by molar-refractivity contribution is -0.137. The van der Waals surface area contributed by atoms with Crippen molar-refractivity contribution in [1.29, 1.82) is 0 Å². The summed E-state index contributed by atoms with van der Waals surface area (Å²) in [5.41, 5.74) is 0. The van der Waals surface area contributed by atoms with Gasteiger partial charge in [-0.3, -0.25) is 14.9 Å². The number of unbranched alkanes of at least 4 members (excludes halogenated alkanes) is 1. The number of hydrogen-bond acceptors (Lipinski definition) is 4. The lowest BCUT2D eigenvalue weighted by atomic mass is 10.2. The van der Waals surface area contributed by atoms with Gasteiger partial charge in [-0.15, -0.1) is 0 Å². The predicted octanol–water partition coefficient (Wildman–Crippen LogP) is 0.391. The smallest absolute Gasteiger partial charge is 0.321 e. The lowest BCUT2D eigenvalue weighted by Gasteiger charge is -2.06. The third-order valence-corrected chi connectivity index (χ3v) is 2.63. The highest BCUT2D eigenvalue weighted by Gasteiger charge is 2.08. The number of nitrogens with zero attached hydrogens (tertiary/aromatic N) is 2. The fraction of sp³-hybridized carbons (Fsp3) is 0.500. The van der Waals surface area contributed by atoms with E-state index < -0.39 is 17.9 Å². The van der Waals surface area contributed by atoms with E-state index in [-0.39, 0.29) is 19.4 Å². The van der Waals surface area contributed by atoms with E-state index in [4.69, 9.17) is 5.11 Å². The van der Waals surface area contributed by atoms with E-state index in [9.17, 15) is 14.4 Å². The normalized spacial score (nSPS) is 10.1. The summed E-state index contributed by atoms with van der Waals surface area (Å²) in [5, 5.41) is 13.1. The van der Waals surface area contributed by atoms with Gasteiger partial charge in [0.25, 0.3) is 0 Å². The van der Waals surface area contributed by atoms with Crippen molar-refractivity contribution in [3.8, 4) is 0 Å². The molecule has 0 radical (unpaired) electrons. The second kappa shape index (κ2) is 7.93. The second-order valence-electron chi connectivity index (χ2n) is 4.29. The monoisotopic (exact) mass is 282 g/mol. The largest absolute Gasteiger partial charge is 0.481 e. The van der Waals surface area contributed by atoms with Gasteiger partial charge >= 0.3 is 12.0 Å². The second-order valence-corrected chi connectivity index (χ2v) is 4.29. The van der Waals surface area contributed by atoms with Crippen LogP contribution in [-0.4, -0.2) is 32.6 Å². The standard InChI is InChI=1S/C12H18N4O4/c1-16-7-6-13-9(16)8-14-12(20)15-10(17)4-2-3-5-11(18)19/h6-7H,2-5,8H2,1H3,(H,18,19)(H2,14,15,17,20). The van der Waals surface area contributed by atoms with Gasteiger partial charge in [0.2, 0.25) is 5.91 Å². The van der Waals surface area contributed by atoms with Crippen molar-refractivity contribution in [3.63, 3.8) is 0 Å². The average molecular weight is 282 g/mol. The van der Waals surface area contributed by atoms with Crippen LogP contribution in [-0.2, 0) is 23.2 Å². The number of aliphatic carboxylic acids is 1. The number of aromatic nitrogens is 2. The molecule has 1 heterocycles. The molecular formula is C12H18N4O4. The maximum atomic E-state index is 11.4. The summed E-state index contributed by atoms with van der Waals surface area (Å²) in [6.45, 7) is 0.224. The highest BCUT2D eigenvalue weighted by molar-refractivity contribution is 5.94. The topological polar surface area (TPSA) is 113 Å². The number of aryl methyl sites for hydroxylation is 1. The first kappa shape index (κ1) is 15.7. The van der Waals surface area contributed by atoms with Crippen LogP contribution in [0.4, 0.5) is 4.79 Å². The van der Waals surface area contributed by atoms with Gasteiger partial charge in [0.1, 0.15) is 5.82 Å². The van der Waals surface area contributed by atoms with Crippen LogP contribution in [0, 0.1) is 0 Å². The summed E-state index contributed by atoms with van der Waals surface area (Å²) < 4.78 is 1.76. The Bertz CT molecular complexity index is 484. The summed E-state index contributed by atoms with van der Waals surface area (Å²) >= 11 is 0. The number of imidazole rings is 1. The Hall–Kier alpha value is -2.38. The fourth-order valence-electron chi connectivity index (χ4n) is 1.52. The number of hydrogen-bond donors (Lipinski definition) is 3. The quantitative estimate of drug-likeness (QED) is 0.626. The molecule has 1 aromatic heterocycles.